The molecule has 1 atom stereocenters. The average molecular weight is 692 g/mol. The van der Waals surface area contributed by atoms with Crippen LogP contribution in [0.1, 0.15) is 116 Å². The second-order valence-corrected chi connectivity index (χ2v) is 15.4. The molecule has 2 aromatic heterocycles. The Morgan fingerprint density at radius 2 is 1.30 bits per heavy atom. The van der Waals surface area contributed by atoms with Gasteiger partial charge in [-0.1, -0.05) is 78.4 Å². The molecular weight excluding hydrogens is 635 g/mol. The van der Waals surface area contributed by atoms with E-state index in [1.165, 1.54) is 116 Å². The fourth-order valence-corrected chi connectivity index (χ4v) is 8.99. The van der Waals surface area contributed by atoms with Crippen molar-refractivity contribution < 1.29 is 4.80 Å². The van der Waals surface area contributed by atoms with Gasteiger partial charge in [0.15, 0.2) is 6.54 Å². The van der Waals surface area contributed by atoms with Crippen molar-refractivity contribution >= 4 is 45.2 Å². The molecule has 0 fully saturated rings. The van der Waals surface area contributed by atoms with Gasteiger partial charge in [-0.3, -0.25) is 0 Å². The summed E-state index contributed by atoms with van der Waals surface area (Å²) in [4.78, 5) is 7.22. The quantitative estimate of drug-likeness (QED) is 0.0758. The minimum atomic E-state index is 0.560. The third-order valence-electron chi connectivity index (χ3n) is 11.3. The minimum absolute atomic E-state index is 0.560. The summed E-state index contributed by atoms with van der Waals surface area (Å²) in [5.41, 5.74) is 14.1. The van der Waals surface area contributed by atoms with Gasteiger partial charge in [-0.15, -0.1) is 0 Å². The molecular formula is C42H57N7S. The highest BCUT2D eigenvalue weighted by Crippen LogP contribution is 2.43. The molecule has 3 aromatic carbocycles. The molecule has 0 amide bonds. The fraction of sp³-hybridized carbons (Fsp3) is 0.571. The number of rotatable bonds is 16. The van der Waals surface area contributed by atoms with Gasteiger partial charge in [0.1, 0.15) is 11.0 Å². The summed E-state index contributed by atoms with van der Waals surface area (Å²) in [6.45, 7) is 14.6. The molecule has 7 rings (SSSR count). The number of anilines is 2. The summed E-state index contributed by atoms with van der Waals surface area (Å²) >= 11 is 1.31. The van der Waals surface area contributed by atoms with E-state index in [1.54, 1.807) is 0 Å². The highest BCUT2D eigenvalue weighted by Gasteiger charge is 2.26. The van der Waals surface area contributed by atoms with Crippen LogP contribution in [0.3, 0.4) is 0 Å². The zero-order valence-corrected chi connectivity index (χ0v) is 31.8. The summed E-state index contributed by atoms with van der Waals surface area (Å²) in [5.74, 6) is 0.560. The number of aromatic nitrogens is 5. The molecule has 4 heterocycles. The molecule has 2 aliphatic heterocycles. The van der Waals surface area contributed by atoms with Crippen LogP contribution in [0.4, 0.5) is 11.4 Å². The third-order valence-corrected chi connectivity index (χ3v) is 11.8. The van der Waals surface area contributed by atoms with Crippen molar-refractivity contribution in [1.29, 1.82) is 0 Å². The molecule has 0 saturated heterocycles. The molecule has 7 nitrogen and oxygen atoms in total. The van der Waals surface area contributed by atoms with Gasteiger partial charge in [-0.2, -0.15) is 23.7 Å². The van der Waals surface area contributed by atoms with Gasteiger partial charge in [0.05, 0.1) is 11.7 Å². The molecule has 1 unspecified atom stereocenters. The van der Waals surface area contributed by atoms with Gasteiger partial charge < -0.3 is 9.80 Å². The van der Waals surface area contributed by atoms with Gasteiger partial charge in [0.2, 0.25) is 0 Å². The summed E-state index contributed by atoms with van der Waals surface area (Å²) in [6.07, 6.45) is 17.0. The lowest BCUT2D eigenvalue weighted by atomic mass is 9.91. The van der Waals surface area contributed by atoms with Crippen molar-refractivity contribution in [2.75, 3.05) is 36.0 Å². The van der Waals surface area contributed by atoms with E-state index < -0.39 is 0 Å². The molecule has 0 radical (unpaired) electrons. The summed E-state index contributed by atoms with van der Waals surface area (Å²) in [6, 6.07) is 14.2. The number of fused-ring (bicyclic) bond motifs is 4. The fourth-order valence-electron chi connectivity index (χ4n) is 8.43. The van der Waals surface area contributed by atoms with Crippen LogP contribution in [0.25, 0.3) is 44.3 Å². The molecule has 50 heavy (non-hydrogen) atoms. The molecule has 0 spiro atoms. The number of hydrogen-bond acceptors (Lipinski definition) is 6. The second-order valence-electron chi connectivity index (χ2n) is 14.9. The lowest BCUT2D eigenvalue weighted by Gasteiger charge is -2.32. The van der Waals surface area contributed by atoms with Crippen LogP contribution >= 0.6 is 11.7 Å². The first-order valence-electron chi connectivity index (χ1n) is 19.9. The van der Waals surface area contributed by atoms with E-state index in [2.05, 4.69) is 73.9 Å². The highest BCUT2D eigenvalue weighted by atomic mass is 32.1. The topological polar surface area (TPSA) is 63.1 Å². The van der Waals surface area contributed by atoms with Crippen LogP contribution in [-0.2, 0) is 19.4 Å². The molecule has 266 valence electrons. The maximum atomic E-state index is 5.34. The Kier molecular flexibility index (Phi) is 11.3. The Hall–Kier alpha value is -3.52. The molecule has 2 aliphatic rings. The first-order chi connectivity index (χ1) is 24.6. The predicted octanol–water partition coefficient (Wildman–Crippen LogP) is 9.92. The van der Waals surface area contributed by atoms with Crippen LogP contribution in [-0.4, -0.2) is 40.0 Å². The standard InChI is InChI=1S/C42H57N7S/c1-5-9-12-23-47-25-14-17-31-27-33(19-21-35(31)47)37-39-40(44-49(43-39)29-30(8-4)16-11-7-3)38(42-41(37)45-50-46-42)34-20-22-36-32(28-34)18-15-26-48(36)24-13-10-6-2/h19-22,27-28,30H,5-18,23-26,29H2,1-4H3. The summed E-state index contributed by atoms with van der Waals surface area (Å²) in [7, 11) is 0. The van der Waals surface area contributed by atoms with Crippen LogP contribution in [0, 0.1) is 5.92 Å². The number of aryl methyl sites for hydroxylation is 2. The summed E-state index contributed by atoms with van der Waals surface area (Å²) in [5, 5.41) is 10.7. The number of hydrogen-bond donors (Lipinski definition) is 0. The van der Waals surface area contributed by atoms with E-state index >= 15 is 0 Å². The number of benzene rings is 3. The maximum absolute atomic E-state index is 5.34. The lowest BCUT2D eigenvalue weighted by Crippen LogP contribution is -2.43. The van der Waals surface area contributed by atoms with Crippen LogP contribution < -0.4 is 19.7 Å². The third kappa shape index (κ3) is 7.15. The lowest BCUT2D eigenvalue weighted by molar-refractivity contribution is -0.809. The van der Waals surface area contributed by atoms with Crippen molar-refractivity contribution in [3.05, 3.63) is 47.5 Å². The van der Waals surface area contributed by atoms with Gasteiger partial charge >= 0.3 is 0 Å². The normalized spacial score (nSPS) is 15.2. The second kappa shape index (κ2) is 16.2. The molecule has 0 aliphatic carbocycles. The Morgan fingerprint density at radius 1 is 0.720 bits per heavy atom. The monoisotopic (exact) mass is 691 g/mol. The van der Waals surface area contributed by atoms with Crippen molar-refractivity contribution in [2.45, 2.75) is 124 Å². The van der Waals surface area contributed by atoms with Crippen LogP contribution in [0.5, 0.6) is 0 Å². The van der Waals surface area contributed by atoms with Gasteiger partial charge in [-0.05, 0) is 97.9 Å². The molecule has 0 bridgehead atoms. The van der Waals surface area contributed by atoms with E-state index in [9.17, 15) is 0 Å². The van der Waals surface area contributed by atoms with Crippen molar-refractivity contribution in [3.8, 4) is 22.3 Å². The van der Waals surface area contributed by atoms with Gasteiger partial charge in [0.25, 0.3) is 0 Å². The largest absolute Gasteiger partial charge is 0.371 e. The average Bonchev–Trinajstić information content (AvgIpc) is 3.79. The molecule has 5 aromatic rings. The van der Waals surface area contributed by atoms with Gasteiger partial charge in [-0.25, -0.2) is 0 Å². The number of unbranched alkanes of at least 4 members (excludes halogenated alkanes) is 5. The smallest absolute Gasteiger partial charge is 0.165 e. The van der Waals surface area contributed by atoms with E-state index in [4.69, 9.17) is 18.9 Å². The van der Waals surface area contributed by atoms with Crippen molar-refractivity contribution in [1.82, 2.24) is 18.9 Å². The zero-order chi connectivity index (χ0) is 34.5. The first-order valence-corrected chi connectivity index (χ1v) is 20.7. The molecule has 8 heteroatoms. The zero-order valence-electron chi connectivity index (χ0n) is 31.0. The SMILES string of the molecule is CCCCCN1CCCc2cc(-c3c4nsnc4c(-c4ccc5c(c4)CCCN5CCCCC)c4[n-][n+](CC(CC)CCCC)nc34)ccc21. The Morgan fingerprint density at radius 3 is 1.88 bits per heavy atom. The van der Waals surface area contributed by atoms with Crippen LogP contribution in [0.2, 0.25) is 0 Å². The maximum Gasteiger partial charge on any atom is 0.165 e. The van der Waals surface area contributed by atoms with Crippen molar-refractivity contribution in [3.63, 3.8) is 0 Å². The van der Waals surface area contributed by atoms with Crippen molar-refractivity contribution in [2.24, 2.45) is 5.92 Å². The molecule has 0 N–H and O–H groups in total. The van der Waals surface area contributed by atoms with Gasteiger partial charge in [0, 0.05) is 65.6 Å². The summed E-state index contributed by atoms with van der Waals surface area (Å²) < 4.78 is 10.0. The van der Waals surface area contributed by atoms with E-state index in [-0.39, 0.29) is 0 Å². The van der Waals surface area contributed by atoms with Crippen LogP contribution in [0.15, 0.2) is 36.4 Å². The Bertz CT molecular complexity index is 1770. The Balaban J connectivity index is 1.35. The predicted molar refractivity (Wildman–Crippen MR) is 211 cm³/mol. The van der Waals surface area contributed by atoms with E-state index in [1.807, 2.05) is 4.80 Å². The van der Waals surface area contributed by atoms with E-state index in [0.29, 0.717) is 5.92 Å². The number of nitrogens with zero attached hydrogens (tertiary/aromatic N) is 7. The van der Waals surface area contributed by atoms with E-state index in [0.717, 1.165) is 85.2 Å². The highest BCUT2D eigenvalue weighted by molar-refractivity contribution is 7.00. The first kappa shape index (κ1) is 34.9. The minimum Gasteiger partial charge on any atom is -0.371 e. The molecule has 0 saturated carbocycles. The Labute approximate surface area is 303 Å².